The number of hydrogen-bond donors (Lipinski definition) is 3. The second-order valence-electron chi connectivity index (χ2n) is 7.86. The molecule has 1 unspecified atom stereocenters. The van der Waals surface area contributed by atoms with Crippen molar-refractivity contribution in [3.05, 3.63) is 35.9 Å². The van der Waals surface area contributed by atoms with Crippen LogP contribution in [0.3, 0.4) is 0 Å². The molecule has 1 aromatic carbocycles. The number of carbonyl (C=O) groups excluding carboxylic acids is 3. The number of carbonyl (C=O) groups is 3. The second-order valence-corrected chi connectivity index (χ2v) is 7.86. The lowest BCUT2D eigenvalue weighted by atomic mass is 10.0. The predicted octanol–water partition coefficient (Wildman–Crippen LogP) is 2.36. The number of unbranched alkanes of at least 4 members (excludes halogenated alkanes) is 3. The van der Waals surface area contributed by atoms with Gasteiger partial charge in [-0.15, -0.1) is 0 Å². The lowest BCUT2D eigenvalue weighted by Crippen LogP contribution is -2.53. The first-order valence-electron chi connectivity index (χ1n) is 10.7. The Bertz CT molecular complexity index is 648. The first-order valence-corrected chi connectivity index (χ1v) is 10.7. The van der Waals surface area contributed by atoms with Crippen LogP contribution in [0.15, 0.2) is 30.3 Å². The molecular formula is C23H36N2O5. The van der Waals surface area contributed by atoms with Crippen LogP contribution in [0.4, 0.5) is 0 Å². The summed E-state index contributed by atoms with van der Waals surface area (Å²) in [5, 5.41) is 15.3. The number of benzene rings is 1. The lowest BCUT2D eigenvalue weighted by molar-refractivity contribution is -0.140. The zero-order valence-corrected chi connectivity index (χ0v) is 18.4. The molecule has 0 aliphatic heterocycles. The molecule has 0 saturated heterocycles. The smallest absolute Gasteiger partial charge is 0.305 e. The van der Waals surface area contributed by atoms with Crippen LogP contribution in [0.2, 0.25) is 0 Å². The molecule has 7 nitrogen and oxygen atoms in total. The number of methoxy groups -OCH3 is 1. The summed E-state index contributed by atoms with van der Waals surface area (Å²) >= 11 is 0. The number of aliphatic hydroxyl groups is 1. The second kappa shape index (κ2) is 14.6. The Balaban J connectivity index is 2.42. The first-order chi connectivity index (χ1) is 14.4. The monoisotopic (exact) mass is 420 g/mol. The van der Waals surface area contributed by atoms with Crippen molar-refractivity contribution in [3.8, 4) is 0 Å². The highest BCUT2D eigenvalue weighted by atomic mass is 16.5. The number of esters is 1. The van der Waals surface area contributed by atoms with Gasteiger partial charge in [-0.05, 0) is 30.7 Å². The number of hydrogen-bond acceptors (Lipinski definition) is 5. The number of ether oxygens (including phenoxy) is 1. The molecule has 0 radical (unpaired) electrons. The molecule has 168 valence electrons. The van der Waals surface area contributed by atoms with Crippen molar-refractivity contribution in [2.45, 2.75) is 70.9 Å². The van der Waals surface area contributed by atoms with Gasteiger partial charge in [-0.3, -0.25) is 14.4 Å². The molecule has 2 atom stereocenters. The number of aliphatic hydroxyl groups excluding tert-OH is 1. The normalized spacial score (nSPS) is 12.8. The van der Waals surface area contributed by atoms with E-state index in [9.17, 15) is 19.5 Å². The van der Waals surface area contributed by atoms with E-state index in [1.54, 1.807) is 0 Å². The van der Waals surface area contributed by atoms with Gasteiger partial charge in [0.1, 0.15) is 6.04 Å². The number of nitrogens with one attached hydrogen (secondary N) is 2. The summed E-state index contributed by atoms with van der Waals surface area (Å²) in [5.74, 6) is -0.746. The molecule has 0 spiro atoms. The van der Waals surface area contributed by atoms with Crippen LogP contribution in [0.5, 0.6) is 0 Å². The maximum absolute atomic E-state index is 12.7. The van der Waals surface area contributed by atoms with E-state index in [0.717, 1.165) is 24.8 Å². The Labute approximate surface area is 179 Å². The van der Waals surface area contributed by atoms with Crippen molar-refractivity contribution in [2.75, 3.05) is 13.7 Å². The highest BCUT2D eigenvalue weighted by Crippen LogP contribution is 2.09. The average molecular weight is 421 g/mol. The Hall–Kier alpha value is -2.41. The van der Waals surface area contributed by atoms with Gasteiger partial charge in [-0.2, -0.15) is 0 Å². The van der Waals surface area contributed by atoms with E-state index in [1.807, 2.05) is 44.2 Å². The lowest BCUT2D eigenvalue weighted by Gasteiger charge is -2.25. The van der Waals surface area contributed by atoms with E-state index >= 15 is 0 Å². The Morgan fingerprint density at radius 2 is 1.60 bits per heavy atom. The summed E-state index contributed by atoms with van der Waals surface area (Å²) in [6, 6.07) is 8.58. The molecule has 0 heterocycles. The molecule has 0 bridgehead atoms. The molecule has 7 heteroatoms. The SMILES string of the molecule is COC(=O)CCCCCCC(=O)N[C@H](C(=O)NC(CO)Cc1ccccc1)C(C)C. The van der Waals surface area contributed by atoms with Gasteiger partial charge in [0, 0.05) is 12.8 Å². The summed E-state index contributed by atoms with van der Waals surface area (Å²) in [7, 11) is 1.37. The third kappa shape index (κ3) is 10.4. The Kier molecular flexibility index (Phi) is 12.4. The molecule has 0 aromatic heterocycles. The van der Waals surface area contributed by atoms with E-state index in [-0.39, 0.29) is 30.3 Å². The van der Waals surface area contributed by atoms with Gasteiger partial charge in [0.15, 0.2) is 0 Å². The molecule has 1 rings (SSSR count). The van der Waals surface area contributed by atoms with Crippen LogP contribution in [-0.4, -0.2) is 48.7 Å². The van der Waals surface area contributed by atoms with Crippen LogP contribution < -0.4 is 10.6 Å². The Morgan fingerprint density at radius 1 is 0.967 bits per heavy atom. The molecule has 1 aromatic rings. The van der Waals surface area contributed by atoms with Crippen LogP contribution in [0.25, 0.3) is 0 Å². The van der Waals surface area contributed by atoms with E-state index in [4.69, 9.17) is 0 Å². The van der Waals surface area contributed by atoms with Gasteiger partial charge in [0.05, 0.1) is 19.8 Å². The fourth-order valence-corrected chi connectivity index (χ4v) is 3.14. The summed E-state index contributed by atoms with van der Waals surface area (Å²) in [5.41, 5.74) is 1.02. The zero-order chi connectivity index (χ0) is 22.4. The van der Waals surface area contributed by atoms with Gasteiger partial charge in [0.2, 0.25) is 11.8 Å². The maximum Gasteiger partial charge on any atom is 0.305 e. The van der Waals surface area contributed by atoms with Gasteiger partial charge in [-0.1, -0.05) is 57.0 Å². The Morgan fingerprint density at radius 3 is 2.17 bits per heavy atom. The van der Waals surface area contributed by atoms with Crippen molar-refractivity contribution in [3.63, 3.8) is 0 Å². The highest BCUT2D eigenvalue weighted by Gasteiger charge is 2.26. The van der Waals surface area contributed by atoms with Crippen LogP contribution in [-0.2, 0) is 25.5 Å². The van der Waals surface area contributed by atoms with Crippen molar-refractivity contribution >= 4 is 17.8 Å². The van der Waals surface area contributed by atoms with Crippen molar-refractivity contribution < 1.29 is 24.2 Å². The summed E-state index contributed by atoms with van der Waals surface area (Å²) in [6.45, 7) is 3.58. The van der Waals surface area contributed by atoms with Gasteiger partial charge in [0.25, 0.3) is 0 Å². The number of amides is 2. The first kappa shape index (κ1) is 25.6. The van der Waals surface area contributed by atoms with Crippen molar-refractivity contribution in [1.82, 2.24) is 10.6 Å². The van der Waals surface area contributed by atoms with E-state index in [0.29, 0.717) is 25.7 Å². The van der Waals surface area contributed by atoms with Crippen LogP contribution in [0, 0.1) is 5.92 Å². The van der Waals surface area contributed by atoms with Gasteiger partial charge < -0.3 is 20.5 Å². The minimum atomic E-state index is -0.651. The molecule has 0 fully saturated rings. The summed E-state index contributed by atoms with van der Waals surface area (Å²) < 4.78 is 4.60. The molecule has 0 saturated carbocycles. The number of rotatable bonds is 14. The van der Waals surface area contributed by atoms with Gasteiger partial charge >= 0.3 is 5.97 Å². The van der Waals surface area contributed by atoms with E-state index in [1.165, 1.54) is 7.11 Å². The average Bonchev–Trinajstić information content (AvgIpc) is 2.74. The van der Waals surface area contributed by atoms with Crippen LogP contribution >= 0.6 is 0 Å². The maximum atomic E-state index is 12.7. The fraction of sp³-hybridized carbons (Fsp3) is 0.609. The quantitative estimate of drug-likeness (QED) is 0.317. The molecule has 0 aliphatic rings. The molecule has 2 amide bonds. The molecule has 30 heavy (non-hydrogen) atoms. The zero-order valence-electron chi connectivity index (χ0n) is 18.4. The summed E-state index contributed by atoms with van der Waals surface area (Å²) in [4.78, 5) is 36.1. The summed E-state index contributed by atoms with van der Waals surface area (Å²) in [6.07, 6.45) is 4.39. The highest BCUT2D eigenvalue weighted by molar-refractivity contribution is 5.88. The van der Waals surface area contributed by atoms with Crippen molar-refractivity contribution in [1.29, 1.82) is 0 Å². The third-order valence-electron chi connectivity index (χ3n) is 4.92. The van der Waals surface area contributed by atoms with Crippen LogP contribution in [0.1, 0.15) is 57.9 Å². The molecule has 0 aliphatic carbocycles. The van der Waals surface area contributed by atoms with E-state index in [2.05, 4.69) is 15.4 Å². The van der Waals surface area contributed by atoms with Gasteiger partial charge in [-0.25, -0.2) is 0 Å². The molecular weight excluding hydrogens is 384 g/mol. The minimum Gasteiger partial charge on any atom is -0.469 e. The fourth-order valence-electron chi connectivity index (χ4n) is 3.14. The largest absolute Gasteiger partial charge is 0.469 e. The topological polar surface area (TPSA) is 105 Å². The predicted molar refractivity (Wildman–Crippen MR) is 116 cm³/mol. The van der Waals surface area contributed by atoms with Crippen molar-refractivity contribution in [2.24, 2.45) is 5.92 Å². The standard InChI is InChI=1S/C23H36N2O5/c1-17(2)22(25-20(27)13-9-4-5-10-14-21(28)30-3)23(29)24-19(16-26)15-18-11-7-6-8-12-18/h6-8,11-12,17,19,22,26H,4-5,9-10,13-16H2,1-3H3,(H,24,29)(H,25,27)/t19?,22-/m0/s1. The molecule has 3 N–H and O–H groups in total. The third-order valence-corrected chi connectivity index (χ3v) is 4.92. The van der Waals surface area contributed by atoms with E-state index < -0.39 is 12.1 Å². The minimum absolute atomic E-state index is 0.0786.